The number of amides is 2. The number of carbonyl (C=O) groups is 2. The number of hydrogen-bond donors (Lipinski definition) is 3. The summed E-state index contributed by atoms with van der Waals surface area (Å²) in [5.74, 6) is -1.05. The van der Waals surface area contributed by atoms with Crippen molar-refractivity contribution >= 4 is 23.8 Å². The standard InChI is InChI=1S/C13H24N2O4S/c1-4-12(5-2,20-3)8-14-11(18)15-13(10(16)17)6-7-19-9-13/h4-9H2,1-3H3,(H,16,17)(H2,14,15,18). The van der Waals surface area contributed by atoms with Crippen molar-refractivity contribution in [2.75, 3.05) is 26.0 Å². The monoisotopic (exact) mass is 304 g/mol. The summed E-state index contributed by atoms with van der Waals surface area (Å²) in [6.45, 7) is 5.06. The Morgan fingerprint density at radius 1 is 1.40 bits per heavy atom. The maximum Gasteiger partial charge on any atom is 0.332 e. The van der Waals surface area contributed by atoms with Crippen LogP contribution in [0.1, 0.15) is 33.1 Å². The van der Waals surface area contributed by atoms with Crippen LogP contribution in [0.15, 0.2) is 0 Å². The summed E-state index contributed by atoms with van der Waals surface area (Å²) in [6.07, 6.45) is 4.21. The summed E-state index contributed by atoms with van der Waals surface area (Å²) in [4.78, 5) is 23.3. The molecule has 0 aromatic rings. The second kappa shape index (κ2) is 7.17. The minimum Gasteiger partial charge on any atom is -0.479 e. The summed E-state index contributed by atoms with van der Waals surface area (Å²) < 4.78 is 5.10. The fourth-order valence-corrected chi connectivity index (χ4v) is 3.04. The Labute approximate surface area is 124 Å². The highest BCUT2D eigenvalue weighted by atomic mass is 32.2. The molecule has 0 radical (unpaired) electrons. The van der Waals surface area contributed by atoms with Gasteiger partial charge in [0.25, 0.3) is 0 Å². The smallest absolute Gasteiger partial charge is 0.332 e. The van der Waals surface area contributed by atoms with Gasteiger partial charge in [0.1, 0.15) is 0 Å². The number of aliphatic carboxylic acids is 1. The molecule has 7 heteroatoms. The number of hydrogen-bond acceptors (Lipinski definition) is 4. The lowest BCUT2D eigenvalue weighted by Crippen LogP contribution is -2.58. The normalized spacial score (nSPS) is 22.6. The molecule has 0 saturated carbocycles. The number of ether oxygens (including phenoxy) is 1. The maximum atomic E-state index is 12.0. The molecule has 0 spiro atoms. The van der Waals surface area contributed by atoms with Crippen molar-refractivity contribution in [3.05, 3.63) is 0 Å². The van der Waals surface area contributed by atoms with E-state index in [-0.39, 0.29) is 11.4 Å². The molecule has 1 atom stereocenters. The van der Waals surface area contributed by atoms with Crippen molar-refractivity contribution in [3.63, 3.8) is 0 Å². The first-order valence-corrected chi connectivity index (χ1v) is 8.08. The van der Waals surface area contributed by atoms with Gasteiger partial charge in [0.15, 0.2) is 5.54 Å². The van der Waals surface area contributed by atoms with Crippen LogP contribution < -0.4 is 10.6 Å². The molecule has 0 aliphatic carbocycles. The van der Waals surface area contributed by atoms with Crippen LogP contribution in [0.4, 0.5) is 4.79 Å². The summed E-state index contributed by atoms with van der Waals surface area (Å²) >= 11 is 1.72. The van der Waals surface area contributed by atoms with Crippen molar-refractivity contribution in [1.82, 2.24) is 10.6 Å². The summed E-state index contributed by atoms with van der Waals surface area (Å²) in [7, 11) is 0. The first-order valence-electron chi connectivity index (χ1n) is 6.86. The molecule has 0 aromatic heterocycles. The van der Waals surface area contributed by atoms with E-state index in [1.54, 1.807) is 11.8 Å². The maximum absolute atomic E-state index is 12.0. The zero-order valence-electron chi connectivity index (χ0n) is 12.3. The highest BCUT2D eigenvalue weighted by Crippen LogP contribution is 2.29. The van der Waals surface area contributed by atoms with E-state index >= 15 is 0 Å². The number of thioether (sulfide) groups is 1. The van der Waals surface area contributed by atoms with Gasteiger partial charge in [-0.2, -0.15) is 11.8 Å². The third-order valence-corrected chi connectivity index (χ3v) is 5.66. The number of carboxylic acids is 1. The lowest BCUT2D eigenvalue weighted by Gasteiger charge is -2.31. The largest absolute Gasteiger partial charge is 0.479 e. The minimum absolute atomic E-state index is 0.0000964. The molecule has 1 aliphatic rings. The first kappa shape index (κ1) is 17.1. The van der Waals surface area contributed by atoms with Gasteiger partial charge in [-0.05, 0) is 19.1 Å². The van der Waals surface area contributed by atoms with Gasteiger partial charge in [0.2, 0.25) is 0 Å². The zero-order valence-corrected chi connectivity index (χ0v) is 13.1. The van der Waals surface area contributed by atoms with Gasteiger partial charge < -0.3 is 20.5 Å². The van der Waals surface area contributed by atoms with Crippen LogP contribution in [0.5, 0.6) is 0 Å². The molecule has 116 valence electrons. The second-order valence-electron chi connectivity index (χ2n) is 5.09. The molecule has 1 unspecified atom stereocenters. The van der Waals surface area contributed by atoms with Gasteiger partial charge in [-0.25, -0.2) is 9.59 Å². The Morgan fingerprint density at radius 3 is 2.45 bits per heavy atom. The van der Waals surface area contributed by atoms with E-state index < -0.39 is 17.5 Å². The van der Waals surface area contributed by atoms with Gasteiger partial charge >= 0.3 is 12.0 Å². The number of carbonyl (C=O) groups excluding carboxylic acids is 1. The molecule has 0 bridgehead atoms. The van der Waals surface area contributed by atoms with E-state index in [1.165, 1.54) is 0 Å². The Kier molecular flexibility index (Phi) is 6.13. The zero-order chi connectivity index (χ0) is 15.2. The van der Waals surface area contributed by atoms with Crippen LogP contribution in [0.25, 0.3) is 0 Å². The lowest BCUT2D eigenvalue weighted by atomic mass is 9.99. The first-order chi connectivity index (χ1) is 9.43. The van der Waals surface area contributed by atoms with Crippen LogP contribution in [-0.4, -0.2) is 53.4 Å². The molecule has 0 aromatic carbocycles. The molecule has 1 aliphatic heterocycles. The highest BCUT2D eigenvalue weighted by Gasteiger charge is 2.44. The molecule has 3 N–H and O–H groups in total. The lowest BCUT2D eigenvalue weighted by molar-refractivity contribution is -0.144. The molecule has 2 amide bonds. The summed E-state index contributed by atoms with van der Waals surface area (Å²) in [5, 5.41) is 14.6. The Hall–Kier alpha value is -0.950. The van der Waals surface area contributed by atoms with E-state index in [9.17, 15) is 14.7 Å². The molecule has 1 saturated heterocycles. The Morgan fingerprint density at radius 2 is 2.05 bits per heavy atom. The molecule has 1 heterocycles. The molecule has 1 rings (SSSR count). The molecule has 1 fully saturated rings. The fourth-order valence-electron chi connectivity index (χ4n) is 2.25. The van der Waals surface area contributed by atoms with Crippen molar-refractivity contribution in [2.24, 2.45) is 0 Å². The van der Waals surface area contributed by atoms with Crippen molar-refractivity contribution < 1.29 is 19.4 Å². The highest BCUT2D eigenvalue weighted by molar-refractivity contribution is 8.00. The van der Waals surface area contributed by atoms with Crippen LogP contribution in [0.3, 0.4) is 0 Å². The second-order valence-corrected chi connectivity index (χ2v) is 6.37. The fraction of sp³-hybridized carbons (Fsp3) is 0.846. The van der Waals surface area contributed by atoms with Gasteiger partial charge in [-0.15, -0.1) is 0 Å². The average molecular weight is 304 g/mol. The summed E-state index contributed by atoms with van der Waals surface area (Å²) in [6, 6.07) is -0.446. The van der Waals surface area contributed by atoms with Gasteiger partial charge in [0, 0.05) is 24.3 Å². The van der Waals surface area contributed by atoms with Crippen LogP contribution in [0.2, 0.25) is 0 Å². The van der Waals surface area contributed by atoms with Gasteiger partial charge in [-0.1, -0.05) is 13.8 Å². The molecular formula is C13H24N2O4S. The number of urea groups is 1. The molecule has 6 nitrogen and oxygen atoms in total. The van der Waals surface area contributed by atoms with E-state index in [2.05, 4.69) is 24.5 Å². The van der Waals surface area contributed by atoms with Crippen LogP contribution in [0, 0.1) is 0 Å². The minimum atomic E-state index is -1.29. The van der Waals surface area contributed by atoms with Crippen molar-refractivity contribution in [1.29, 1.82) is 0 Å². The summed E-state index contributed by atoms with van der Waals surface area (Å²) in [5.41, 5.74) is -1.29. The quantitative estimate of drug-likeness (QED) is 0.662. The number of rotatable bonds is 7. The van der Waals surface area contributed by atoms with Crippen molar-refractivity contribution in [3.8, 4) is 0 Å². The third-order valence-electron chi connectivity index (χ3n) is 4.08. The number of carboxylic acid groups (broad SMARTS) is 1. The van der Waals surface area contributed by atoms with E-state index in [1.807, 2.05) is 6.26 Å². The predicted octanol–water partition coefficient (Wildman–Crippen LogP) is 1.45. The van der Waals surface area contributed by atoms with Crippen molar-refractivity contribution in [2.45, 2.75) is 43.4 Å². The Balaban J connectivity index is 2.57. The van der Waals surface area contributed by atoms with Crippen LogP contribution >= 0.6 is 11.8 Å². The average Bonchev–Trinajstić information content (AvgIpc) is 2.91. The molecular weight excluding hydrogens is 280 g/mol. The number of nitrogens with one attached hydrogen (secondary N) is 2. The predicted molar refractivity (Wildman–Crippen MR) is 79.2 cm³/mol. The topological polar surface area (TPSA) is 87.7 Å². The SMILES string of the molecule is CCC(CC)(CNC(=O)NC1(C(=O)O)CCOC1)SC. The van der Waals surface area contributed by atoms with Crippen LogP contribution in [-0.2, 0) is 9.53 Å². The van der Waals surface area contributed by atoms with E-state index in [0.29, 0.717) is 19.6 Å². The van der Waals surface area contributed by atoms with E-state index in [0.717, 1.165) is 12.8 Å². The van der Waals surface area contributed by atoms with Gasteiger partial charge in [-0.3, -0.25) is 0 Å². The third kappa shape index (κ3) is 3.79. The molecule has 20 heavy (non-hydrogen) atoms. The van der Waals surface area contributed by atoms with Gasteiger partial charge in [0.05, 0.1) is 6.61 Å². The Bertz CT molecular complexity index is 344. The van der Waals surface area contributed by atoms with E-state index in [4.69, 9.17) is 4.74 Å².